The molecule has 178 valence electrons. The Labute approximate surface area is 188 Å². The van der Waals surface area contributed by atoms with Crippen LogP contribution in [0.1, 0.15) is 13.8 Å². The summed E-state index contributed by atoms with van der Waals surface area (Å²) >= 11 is 0. The van der Waals surface area contributed by atoms with Crippen LogP contribution in [0, 0.1) is 5.92 Å². The van der Waals surface area contributed by atoms with Crippen LogP contribution in [-0.4, -0.2) is 78.6 Å². The van der Waals surface area contributed by atoms with Crippen molar-refractivity contribution in [2.45, 2.75) is 32.6 Å². The Morgan fingerprint density at radius 3 is 2.21 bits per heavy atom. The first-order chi connectivity index (χ1) is 15.6. The van der Waals surface area contributed by atoms with Crippen molar-refractivity contribution in [2.75, 3.05) is 18.9 Å². The number of hydrogen-bond donors (Lipinski definition) is 6. The molecule has 0 fully saturated rings. The minimum absolute atomic E-state index is 0.130. The van der Waals surface area contributed by atoms with Crippen LogP contribution in [0.4, 0.5) is 5.82 Å². The molecular weight excluding hydrogens is 434 g/mol. The minimum Gasteiger partial charge on any atom is -0.479 e. The number of aliphatic carboxylic acids is 2. The van der Waals surface area contributed by atoms with Crippen LogP contribution in [-0.2, 0) is 20.9 Å². The first kappa shape index (κ1) is 25.6. The summed E-state index contributed by atoms with van der Waals surface area (Å²) in [4.78, 5) is 40.6. The highest BCUT2D eigenvalue weighted by Gasteiger charge is 2.29. The number of pyridine rings is 1. The zero-order valence-corrected chi connectivity index (χ0v) is 18.4. The number of para-hydroxylation sites is 1. The molecule has 0 saturated heterocycles. The van der Waals surface area contributed by atoms with Gasteiger partial charge in [-0.15, -0.1) is 0 Å². The molecule has 0 radical (unpaired) electrons. The van der Waals surface area contributed by atoms with Crippen molar-refractivity contribution >= 4 is 45.6 Å². The van der Waals surface area contributed by atoms with Crippen LogP contribution in [0.2, 0.25) is 0 Å². The van der Waals surface area contributed by atoms with E-state index in [-0.39, 0.29) is 12.5 Å². The molecule has 2 atom stereocenters. The second-order valence-corrected chi connectivity index (χ2v) is 7.61. The summed E-state index contributed by atoms with van der Waals surface area (Å²) in [5.41, 5.74) is 2.60. The summed E-state index contributed by atoms with van der Waals surface area (Å²) in [5.74, 6) is -2.65. The number of aliphatic hydroxyl groups is 2. The number of hydrogen-bond acceptors (Lipinski definition) is 8. The molecule has 2 aromatic heterocycles. The lowest BCUT2D eigenvalue weighted by atomic mass is 10.1. The van der Waals surface area contributed by atoms with Crippen LogP contribution < -0.4 is 10.6 Å². The Balaban J connectivity index is 0.000000328. The fourth-order valence-electron chi connectivity index (χ4n) is 3.01. The third-order valence-electron chi connectivity index (χ3n) is 4.42. The molecule has 0 spiro atoms. The van der Waals surface area contributed by atoms with E-state index in [1.54, 1.807) is 7.05 Å². The van der Waals surface area contributed by atoms with Crippen LogP contribution in [0.25, 0.3) is 21.9 Å². The van der Waals surface area contributed by atoms with E-state index in [1.165, 1.54) is 0 Å². The number of carboxylic acids is 2. The number of carbonyl (C=O) groups excluding carboxylic acids is 1. The monoisotopic (exact) mass is 461 g/mol. The van der Waals surface area contributed by atoms with Gasteiger partial charge in [0, 0.05) is 11.9 Å². The number of likely N-dealkylation sites (N-methyl/N-ethyl adjacent to an activating group) is 1. The van der Waals surface area contributed by atoms with Crippen molar-refractivity contribution in [3.05, 3.63) is 30.6 Å². The average Bonchev–Trinajstić information content (AvgIpc) is 3.17. The maximum atomic E-state index is 11.9. The van der Waals surface area contributed by atoms with Gasteiger partial charge in [0.2, 0.25) is 5.91 Å². The number of amides is 1. The number of imidazole rings is 1. The quantitative estimate of drug-likeness (QED) is 0.272. The summed E-state index contributed by atoms with van der Waals surface area (Å²) < 4.78 is 2.14. The Hall–Kier alpha value is -3.61. The van der Waals surface area contributed by atoms with Gasteiger partial charge in [0.1, 0.15) is 5.52 Å². The standard InChI is InChI=1S/C17H21N5O.C4H6O6/c1-11(2)9-22-10-19-15-16(22)12-6-4-5-7-13(12)20-17(15)21-14(23)8-18-3;5-1(3(7)8)2(6)4(9)10/h4-7,10-11,18H,8-9H2,1-3H3,(H,20,21,23);1-2,5-6H,(H,7,8)(H,9,10). The minimum atomic E-state index is -2.27. The fraction of sp³-hybridized carbons (Fsp3) is 0.381. The maximum absolute atomic E-state index is 11.9. The van der Waals surface area contributed by atoms with Crippen LogP contribution in [0.15, 0.2) is 30.6 Å². The normalized spacial score (nSPS) is 12.8. The van der Waals surface area contributed by atoms with E-state index >= 15 is 0 Å². The van der Waals surface area contributed by atoms with Crippen molar-refractivity contribution in [3.8, 4) is 0 Å². The summed E-state index contributed by atoms with van der Waals surface area (Å²) in [6, 6.07) is 7.94. The van der Waals surface area contributed by atoms with E-state index in [4.69, 9.17) is 20.4 Å². The molecule has 0 aliphatic carbocycles. The van der Waals surface area contributed by atoms with Crippen LogP contribution in [0.3, 0.4) is 0 Å². The molecule has 0 saturated carbocycles. The Morgan fingerprint density at radius 1 is 1.06 bits per heavy atom. The third kappa shape index (κ3) is 6.44. The zero-order chi connectivity index (χ0) is 24.7. The van der Waals surface area contributed by atoms with Gasteiger partial charge in [-0.25, -0.2) is 19.6 Å². The SMILES string of the molecule is CNCC(=O)Nc1nc2ccccc2c2c1ncn2CC(C)C.O=C(O)C(O)C(O)C(=O)O. The lowest BCUT2D eigenvalue weighted by Gasteiger charge is -2.11. The number of aliphatic hydroxyl groups excluding tert-OH is 2. The highest BCUT2D eigenvalue weighted by atomic mass is 16.4. The number of carboxylic acid groups (broad SMARTS) is 2. The number of nitrogens with one attached hydrogen (secondary N) is 2. The van der Waals surface area contributed by atoms with Crippen molar-refractivity contribution in [1.82, 2.24) is 19.9 Å². The zero-order valence-electron chi connectivity index (χ0n) is 18.4. The summed E-state index contributed by atoms with van der Waals surface area (Å²) in [6.45, 7) is 5.45. The molecule has 2 unspecified atom stereocenters. The number of benzene rings is 1. The molecule has 3 aromatic rings. The molecule has 0 aliphatic heterocycles. The summed E-state index contributed by atoms with van der Waals surface area (Å²) in [6.07, 6.45) is -2.71. The Morgan fingerprint density at radius 2 is 1.67 bits per heavy atom. The lowest BCUT2D eigenvalue weighted by molar-refractivity contribution is -0.165. The highest BCUT2D eigenvalue weighted by Crippen LogP contribution is 2.29. The molecule has 0 bridgehead atoms. The number of carbonyl (C=O) groups is 3. The van der Waals surface area contributed by atoms with Crippen LogP contribution >= 0.6 is 0 Å². The molecular formula is C21H27N5O7. The smallest absolute Gasteiger partial charge is 0.335 e. The molecule has 0 aliphatic rings. The van der Waals surface area contributed by atoms with E-state index in [0.717, 1.165) is 28.5 Å². The van der Waals surface area contributed by atoms with Gasteiger partial charge in [0.25, 0.3) is 0 Å². The molecule has 12 nitrogen and oxygen atoms in total. The molecule has 3 rings (SSSR count). The van der Waals surface area contributed by atoms with Gasteiger partial charge in [-0.1, -0.05) is 32.0 Å². The van der Waals surface area contributed by atoms with Gasteiger partial charge in [0.15, 0.2) is 18.0 Å². The van der Waals surface area contributed by atoms with Gasteiger partial charge in [-0.05, 0) is 19.0 Å². The fourth-order valence-corrected chi connectivity index (χ4v) is 3.01. The molecule has 6 N–H and O–H groups in total. The lowest BCUT2D eigenvalue weighted by Crippen LogP contribution is -2.39. The number of anilines is 1. The number of fused-ring (bicyclic) bond motifs is 3. The highest BCUT2D eigenvalue weighted by molar-refractivity contribution is 6.09. The van der Waals surface area contributed by atoms with Crippen molar-refractivity contribution in [1.29, 1.82) is 0 Å². The summed E-state index contributed by atoms with van der Waals surface area (Å²) in [7, 11) is 1.74. The topological polar surface area (TPSA) is 187 Å². The first-order valence-electron chi connectivity index (χ1n) is 10.1. The largest absolute Gasteiger partial charge is 0.479 e. The van der Waals surface area contributed by atoms with Crippen LogP contribution in [0.5, 0.6) is 0 Å². The maximum Gasteiger partial charge on any atom is 0.335 e. The predicted octanol–water partition coefficient (Wildman–Crippen LogP) is 0.276. The Bertz CT molecular complexity index is 1130. The van der Waals surface area contributed by atoms with E-state index in [1.807, 2.05) is 30.6 Å². The molecule has 33 heavy (non-hydrogen) atoms. The average molecular weight is 461 g/mol. The van der Waals surface area contributed by atoms with E-state index in [0.29, 0.717) is 11.7 Å². The van der Waals surface area contributed by atoms with Crippen molar-refractivity contribution < 1.29 is 34.8 Å². The van der Waals surface area contributed by atoms with E-state index in [9.17, 15) is 14.4 Å². The Kier molecular flexibility index (Phi) is 8.79. The van der Waals surface area contributed by atoms with E-state index < -0.39 is 24.1 Å². The molecule has 12 heteroatoms. The second kappa shape index (κ2) is 11.3. The van der Waals surface area contributed by atoms with Crippen molar-refractivity contribution in [3.63, 3.8) is 0 Å². The van der Waals surface area contributed by atoms with E-state index in [2.05, 4.69) is 39.0 Å². The third-order valence-corrected chi connectivity index (χ3v) is 4.42. The number of aromatic nitrogens is 3. The van der Waals surface area contributed by atoms with Crippen molar-refractivity contribution in [2.24, 2.45) is 5.92 Å². The van der Waals surface area contributed by atoms with Gasteiger partial charge in [-0.2, -0.15) is 0 Å². The number of rotatable bonds is 8. The second-order valence-electron chi connectivity index (χ2n) is 7.61. The summed E-state index contributed by atoms with van der Waals surface area (Å²) in [5, 5.41) is 39.3. The van der Waals surface area contributed by atoms with Gasteiger partial charge in [-0.3, -0.25) is 4.79 Å². The number of nitrogens with zero attached hydrogens (tertiary/aromatic N) is 3. The molecule has 1 amide bonds. The van der Waals surface area contributed by atoms with Gasteiger partial charge < -0.3 is 35.6 Å². The van der Waals surface area contributed by atoms with Gasteiger partial charge >= 0.3 is 11.9 Å². The first-order valence-corrected chi connectivity index (χ1v) is 10.1. The predicted molar refractivity (Wildman–Crippen MR) is 120 cm³/mol. The van der Waals surface area contributed by atoms with Gasteiger partial charge in [0.05, 0.1) is 23.9 Å². The molecule has 1 aromatic carbocycles. The molecule has 2 heterocycles.